The average Bonchev–Trinajstić information content (AvgIpc) is 2.37. The molecule has 0 bridgehead atoms. The topological polar surface area (TPSA) is 79.5 Å². The highest BCUT2D eigenvalue weighted by atomic mass is 16.6. The Morgan fingerprint density at radius 2 is 1.76 bits per heavy atom. The zero-order valence-corrected chi connectivity index (χ0v) is 12.9. The SMILES string of the molecule is CNC(=O)NC(Cc1ccccc1)NC(=O)OC(C)(C)C. The van der Waals surface area contributed by atoms with Crippen molar-refractivity contribution in [3.63, 3.8) is 0 Å². The molecule has 3 amide bonds. The number of ether oxygens (including phenoxy) is 1. The summed E-state index contributed by atoms with van der Waals surface area (Å²) in [6.45, 7) is 5.35. The molecule has 0 saturated carbocycles. The minimum atomic E-state index is -0.589. The standard InChI is InChI=1S/C15H23N3O3/c1-15(2,3)21-14(20)18-12(17-13(19)16-4)10-11-8-6-5-7-9-11/h5-9,12H,10H2,1-4H3,(H,18,20)(H2,16,17,19). The van der Waals surface area contributed by atoms with E-state index in [2.05, 4.69) is 16.0 Å². The fourth-order valence-electron chi connectivity index (χ4n) is 1.67. The van der Waals surface area contributed by atoms with E-state index in [1.807, 2.05) is 30.3 Å². The number of amides is 3. The molecule has 6 nitrogen and oxygen atoms in total. The molecule has 21 heavy (non-hydrogen) atoms. The summed E-state index contributed by atoms with van der Waals surface area (Å²) in [7, 11) is 1.52. The number of hydrogen-bond donors (Lipinski definition) is 3. The van der Waals surface area contributed by atoms with Gasteiger partial charge in [-0.1, -0.05) is 30.3 Å². The molecule has 0 radical (unpaired) electrons. The number of carbonyl (C=O) groups excluding carboxylic acids is 2. The van der Waals surface area contributed by atoms with Gasteiger partial charge >= 0.3 is 12.1 Å². The van der Waals surface area contributed by atoms with Crippen LogP contribution in [0.4, 0.5) is 9.59 Å². The molecule has 0 aliphatic rings. The first-order chi connectivity index (χ1) is 9.80. The largest absolute Gasteiger partial charge is 0.444 e. The second kappa shape index (κ2) is 7.52. The molecule has 1 atom stereocenters. The highest BCUT2D eigenvalue weighted by Crippen LogP contribution is 2.07. The van der Waals surface area contributed by atoms with Crippen molar-refractivity contribution >= 4 is 12.1 Å². The molecule has 6 heteroatoms. The Hall–Kier alpha value is -2.24. The quantitative estimate of drug-likeness (QED) is 0.743. The maximum Gasteiger partial charge on any atom is 0.409 e. The van der Waals surface area contributed by atoms with Gasteiger partial charge in [-0.05, 0) is 26.3 Å². The summed E-state index contributed by atoms with van der Waals surface area (Å²) in [6, 6.07) is 9.20. The number of hydrogen-bond acceptors (Lipinski definition) is 3. The average molecular weight is 293 g/mol. The smallest absolute Gasteiger partial charge is 0.409 e. The minimum Gasteiger partial charge on any atom is -0.444 e. The highest BCUT2D eigenvalue weighted by molar-refractivity contribution is 5.75. The van der Waals surface area contributed by atoms with Crippen molar-refractivity contribution in [2.24, 2.45) is 0 Å². The van der Waals surface area contributed by atoms with Crippen molar-refractivity contribution in [1.82, 2.24) is 16.0 Å². The Morgan fingerprint density at radius 3 is 2.29 bits per heavy atom. The van der Waals surface area contributed by atoms with Gasteiger partial charge in [0.1, 0.15) is 11.8 Å². The van der Waals surface area contributed by atoms with Gasteiger partial charge in [0.15, 0.2) is 0 Å². The first-order valence-electron chi connectivity index (χ1n) is 6.82. The molecule has 3 N–H and O–H groups in total. The van der Waals surface area contributed by atoms with E-state index in [0.29, 0.717) is 6.42 Å². The van der Waals surface area contributed by atoms with E-state index in [-0.39, 0.29) is 6.03 Å². The Bertz CT molecular complexity index is 469. The summed E-state index contributed by atoms with van der Waals surface area (Å²) in [5.41, 5.74) is 0.406. The molecular weight excluding hydrogens is 270 g/mol. The van der Waals surface area contributed by atoms with Crippen LogP contribution in [0.2, 0.25) is 0 Å². The molecule has 1 aromatic carbocycles. The fourth-order valence-corrected chi connectivity index (χ4v) is 1.67. The van der Waals surface area contributed by atoms with E-state index in [1.165, 1.54) is 7.05 Å². The zero-order chi connectivity index (χ0) is 15.9. The van der Waals surface area contributed by atoms with Crippen molar-refractivity contribution in [3.8, 4) is 0 Å². The van der Waals surface area contributed by atoms with E-state index in [0.717, 1.165) is 5.56 Å². The summed E-state index contributed by atoms with van der Waals surface area (Å²) in [5.74, 6) is 0. The summed E-state index contributed by atoms with van der Waals surface area (Å²) in [6.07, 6.45) is -0.657. The van der Waals surface area contributed by atoms with Crippen LogP contribution in [-0.2, 0) is 11.2 Å². The van der Waals surface area contributed by atoms with Crippen LogP contribution in [0.1, 0.15) is 26.3 Å². The highest BCUT2D eigenvalue weighted by Gasteiger charge is 2.20. The molecule has 1 aromatic rings. The third-order valence-electron chi connectivity index (χ3n) is 2.51. The van der Waals surface area contributed by atoms with E-state index in [9.17, 15) is 9.59 Å². The normalized spacial score (nSPS) is 12.2. The third kappa shape index (κ3) is 7.20. The first kappa shape index (κ1) is 16.8. The Balaban J connectivity index is 2.68. The van der Waals surface area contributed by atoms with Gasteiger partial charge < -0.3 is 20.7 Å². The third-order valence-corrected chi connectivity index (χ3v) is 2.51. The molecular formula is C15H23N3O3. The van der Waals surface area contributed by atoms with Crippen LogP contribution < -0.4 is 16.0 Å². The monoisotopic (exact) mass is 293 g/mol. The summed E-state index contributed by atoms with van der Waals surface area (Å²) in [4.78, 5) is 23.3. The predicted octanol–water partition coefficient (Wildman–Crippen LogP) is 2.01. The maximum absolute atomic E-state index is 11.8. The van der Waals surface area contributed by atoms with Crippen molar-refractivity contribution in [2.45, 2.75) is 39.0 Å². The van der Waals surface area contributed by atoms with Gasteiger partial charge in [0, 0.05) is 13.5 Å². The van der Waals surface area contributed by atoms with Gasteiger partial charge in [-0.25, -0.2) is 9.59 Å². The van der Waals surface area contributed by atoms with Crippen LogP contribution in [0, 0.1) is 0 Å². The van der Waals surface area contributed by atoms with Crippen molar-refractivity contribution in [3.05, 3.63) is 35.9 Å². The minimum absolute atomic E-state index is 0.369. The number of nitrogens with one attached hydrogen (secondary N) is 3. The molecule has 1 rings (SSSR count). The number of alkyl carbamates (subject to hydrolysis) is 1. The van der Waals surface area contributed by atoms with Crippen LogP contribution in [0.15, 0.2) is 30.3 Å². The number of benzene rings is 1. The lowest BCUT2D eigenvalue weighted by molar-refractivity contribution is 0.0498. The molecule has 0 saturated heterocycles. The zero-order valence-electron chi connectivity index (χ0n) is 12.9. The summed E-state index contributed by atoms with van der Waals surface area (Å²) < 4.78 is 5.20. The molecule has 0 aromatic heterocycles. The van der Waals surface area contributed by atoms with E-state index in [1.54, 1.807) is 20.8 Å². The molecule has 0 aliphatic carbocycles. The lowest BCUT2D eigenvalue weighted by atomic mass is 10.1. The first-order valence-corrected chi connectivity index (χ1v) is 6.82. The molecule has 1 unspecified atom stereocenters. The summed E-state index contributed by atoms with van der Waals surface area (Å²) >= 11 is 0. The number of rotatable bonds is 4. The van der Waals surface area contributed by atoms with E-state index >= 15 is 0 Å². The number of carbonyl (C=O) groups is 2. The van der Waals surface area contributed by atoms with Crippen LogP contribution in [0.5, 0.6) is 0 Å². The second-order valence-electron chi connectivity index (χ2n) is 5.61. The van der Waals surface area contributed by atoms with Gasteiger partial charge in [-0.3, -0.25) is 0 Å². The van der Waals surface area contributed by atoms with Gasteiger partial charge in [0.25, 0.3) is 0 Å². The van der Waals surface area contributed by atoms with Gasteiger partial charge in [0.2, 0.25) is 0 Å². The number of urea groups is 1. The fraction of sp³-hybridized carbons (Fsp3) is 0.467. The lowest BCUT2D eigenvalue weighted by Crippen LogP contribution is -2.52. The Labute approximate surface area is 125 Å². The van der Waals surface area contributed by atoms with Crippen molar-refractivity contribution < 1.29 is 14.3 Å². The molecule has 0 heterocycles. The van der Waals surface area contributed by atoms with Gasteiger partial charge in [0.05, 0.1) is 0 Å². The van der Waals surface area contributed by atoms with Gasteiger partial charge in [-0.2, -0.15) is 0 Å². The van der Waals surface area contributed by atoms with Crippen LogP contribution >= 0.6 is 0 Å². The van der Waals surface area contributed by atoms with Crippen molar-refractivity contribution in [1.29, 1.82) is 0 Å². The van der Waals surface area contributed by atoms with Crippen LogP contribution in [0.3, 0.4) is 0 Å². The van der Waals surface area contributed by atoms with Gasteiger partial charge in [-0.15, -0.1) is 0 Å². The molecule has 116 valence electrons. The Kier molecular flexibility index (Phi) is 6.02. The van der Waals surface area contributed by atoms with E-state index in [4.69, 9.17) is 4.74 Å². The maximum atomic E-state index is 11.8. The van der Waals surface area contributed by atoms with Crippen molar-refractivity contribution in [2.75, 3.05) is 7.05 Å². The van der Waals surface area contributed by atoms with E-state index < -0.39 is 17.9 Å². The molecule has 0 fully saturated rings. The van der Waals surface area contributed by atoms with Crippen LogP contribution in [0.25, 0.3) is 0 Å². The predicted molar refractivity (Wildman–Crippen MR) is 80.9 cm³/mol. The van der Waals surface area contributed by atoms with Crippen LogP contribution in [-0.4, -0.2) is 30.9 Å². The second-order valence-corrected chi connectivity index (χ2v) is 5.61. The Morgan fingerprint density at radius 1 is 1.14 bits per heavy atom. The molecule has 0 spiro atoms. The summed E-state index contributed by atoms with van der Waals surface area (Å²) in [5, 5.41) is 7.78. The molecule has 0 aliphatic heterocycles. The lowest BCUT2D eigenvalue weighted by Gasteiger charge is -2.24.